The Hall–Kier alpha value is -3.48. The van der Waals surface area contributed by atoms with Crippen molar-refractivity contribution in [3.8, 4) is 0 Å². The van der Waals surface area contributed by atoms with E-state index in [1.54, 1.807) is 16.7 Å². The predicted octanol–water partition coefficient (Wildman–Crippen LogP) is 3.65. The second-order valence-electron chi connectivity index (χ2n) is 8.13. The molecule has 7 heteroatoms. The van der Waals surface area contributed by atoms with E-state index in [2.05, 4.69) is 24.1 Å². The number of amides is 1. The van der Waals surface area contributed by atoms with Gasteiger partial charge < -0.3 is 10.1 Å². The number of benzene rings is 2. The van der Waals surface area contributed by atoms with Gasteiger partial charge in [-0.3, -0.25) is 14.2 Å². The highest BCUT2D eigenvalue weighted by molar-refractivity contribution is 5.98. The van der Waals surface area contributed by atoms with Crippen LogP contribution >= 0.6 is 0 Å². The highest BCUT2D eigenvalue weighted by Gasteiger charge is 2.21. The third kappa shape index (κ3) is 4.21. The Labute approximate surface area is 180 Å². The van der Waals surface area contributed by atoms with Crippen molar-refractivity contribution in [3.05, 3.63) is 69.8 Å². The topological polar surface area (TPSA) is 90.3 Å². The molecule has 160 valence electrons. The molecule has 0 bridgehead atoms. The third-order valence-corrected chi connectivity index (χ3v) is 5.55. The fourth-order valence-corrected chi connectivity index (χ4v) is 3.69. The molecule has 0 saturated carbocycles. The first-order valence-corrected chi connectivity index (χ1v) is 10.5. The summed E-state index contributed by atoms with van der Waals surface area (Å²) in [6, 6.07) is 12.2. The van der Waals surface area contributed by atoms with Crippen molar-refractivity contribution in [1.82, 2.24) is 9.55 Å². The number of esters is 1. The zero-order valence-corrected chi connectivity index (χ0v) is 17.8. The average Bonchev–Trinajstić information content (AvgIpc) is 3.22. The predicted molar refractivity (Wildman–Crippen MR) is 118 cm³/mol. The molecule has 4 rings (SSSR count). The molecule has 3 aromatic rings. The summed E-state index contributed by atoms with van der Waals surface area (Å²) in [6.45, 7) is 6.39. The van der Waals surface area contributed by atoms with E-state index in [-0.39, 0.29) is 11.1 Å². The Morgan fingerprint density at radius 3 is 2.55 bits per heavy atom. The number of rotatable bonds is 5. The van der Waals surface area contributed by atoms with Gasteiger partial charge >= 0.3 is 5.97 Å². The van der Waals surface area contributed by atoms with Gasteiger partial charge in [0.1, 0.15) is 5.82 Å². The van der Waals surface area contributed by atoms with Crippen LogP contribution in [0, 0.1) is 0 Å². The van der Waals surface area contributed by atoms with Crippen LogP contribution in [-0.4, -0.2) is 27.5 Å². The lowest BCUT2D eigenvalue weighted by molar-refractivity contribution is -0.123. The van der Waals surface area contributed by atoms with Crippen LogP contribution < -0.4 is 10.9 Å². The first kappa shape index (κ1) is 20.8. The largest absolute Gasteiger partial charge is 0.449 e. The van der Waals surface area contributed by atoms with Gasteiger partial charge in [0.25, 0.3) is 11.5 Å². The van der Waals surface area contributed by atoms with Crippen molar-refractivity contribution in [2.24, 2.45) is 0 Å². The first-order chi connectivity index (χ1) is 14.8. The quantitative estimate of drug-likeness (QED) is 0.638. The van der Waals surface area contributed by atoms with Gasteiger partial charge in [-0.1, -0.05) is 26.0 Å². The number of hydrogen-bond acceptors (Lipinski definition) is 5. The fourth-order valence-electron chi connectivity index (χ4n) is 3.69. The van der Waals surface area contributed by atoms with Crippen molar-refractivity contribution in [3.63, 3.8) is 0 Å². The SMILES string of the molecule is CC(C)c1ccc(NC(=O)[C@@H](C)OC(=O)c2ccc3c(=O)n4c(nc3c2)CCC4)cc1. The lowest BCUT2D eigenvalue weighted by Gasteiger charge is -2.14. The van der Waals surface area contributed by atoms with Gasteiger partial charge in [-0.15, -0.1) is 0 Å². The molecule has 0 aliphatic carbocycles. The number of fused-ring (bicyclic) bond motifs is 2. The second kappa shape index (κ2) is 8.34. The normalized spacial score (nSPS) is 13.8. The fraction of sp³-hybridized carbons (Fsp3) is 0.333. The maximum atomic E-state index is 12.6. The lowest BCUT2D eigenvalue weighted by Crippen LogP contribution is -2.30. The maximum absolute atomic E-state index is 12.6. The average molecular weight is 419 g/mol. The van der Waals surface area contributed by atoms with Gasteiger partial charge in [-0.05, 0) is 55.2 Å². The molecule has 1 aliphatic heterocycles. The van der Waals surface area contributed by atoms with Crippen molar-refractivity contribution < 1.29 is 14.3 Å². The van der Waals surface area contributed by atoms with Crippen LogP contribution in [0.1, 0.15) is 54.9 Å². The van der Waals surface area contributed by atoms with E-state index in [9.17, 15) is 14.4 Å². The molecule has 0 saturated heterocycles. The number of aromatic nitrogens is 2. The molecule has 0 fully saturated rings. The van der Waals surface area contributed by atoms with Gasteiger partial charge in [0.05, 0.1) is 16.5 Å². The summed E-state index contributed by atoms with van der Waals surface area (Å²) in [5.41, 5.74) is 2.45. The number of carbonyl (C=O) groups is 2. The molecule has 1 aromatic heterocycles. The van der Waals surface area contributed by atoms with Gasteiger partial charge in [0.15, 0.2) is 6.10 Å². The molecule has 7 nitrogen and oxygen atoms in total. The number of hydrogen-bond donors (Lipinski definition) is 1. The van der Waals surface area contributed by atoms with Crippen LogP contribution in [0.3, 0.4) is 0 Å². The van der Waals surface area contributed by atoms with Crippen LogP contribution in [0.25, 0.3) is 10.9 Å². The minimum atomic E-state index is -0.980. The molecule has 2 aromatic carbocycles. The Bertz CT molecular complexity index is 1210. The van der Waals surface area contributed by atoms with E-state index in [0.29, 0.717) is 29.1 Å². The molecule has 1 atom stereocenters. The standard InChI is InChI=1S/C24H25N3O4/c1-14(2)16-6-9-18(10-7-16)25-22(28)15(3)31-24(30)17-8-11-19-20(13-17)26-21-5-4-12-27(21)23(19)29/h6-11,13-15H,4-5,12H2,1-3H3,(H,25,28)/t15-/m1/s1. The minimum absolute atomic E-state index is 0.0892. The lowest BCUT2D eigenvalue weighted by atomic mass is 10.0. The number of ether oxygens (including phenoxy) is 1. The van der Waals surface area contributed by atoms with E-state index in [1.165, 1.54) is 18.6 Å². The minimum Gasteiger partial charge on any atom is -0.449 e. The van der Waals surface area contributed by atoms with Crippen molar-refractivity contribution in [1.29, 1.82) is 0 Å². The summed E-state index contributed by atoms with van der Waals surface area (Å²) >= 11 is 0. The van der Waals surface area contributed by atoms with Gasteiger partial charge in [-0.25, -0.2) is 9.78 Å². The Morgan fingerprint density at radius 1 is 1.10 bits per heavy atom. The van der Waals surface area contributed by atoms with Gasteiger partial charge in [0.2, 0.25) is 0 Å². The first-order valence-electron chi connectivity index (χ1n) is 10.5. The van der Waals surface area contributed by atoms with E-state index < -0.39 is 18.0 Å². The number of nitrogens with zero attached hydrogens (tertiary/aromatic N) is 2. The second-order valence-corrected chi connectivity index (χ2v) is 8.13. The summed E-state index contributed by atoms with van der Waals surface area (Å²) in [4.78, 5) is 42.1. The van der Waals surface area contributed by atoms with Crippen LogP contribution in [-0.2, 0) is 22.5 Å². The summed E-state index contributed by atoms with van der Waals surface area (Å²) in [6.07, 6.45) is 0.654. The van der Waals surface area contributed by atoms with Crippen LogP contribution in [0.15, 0.2) is 47.3 Å². The van der Waals surface area contributed by atoms with Crippen molar-refractivity contribution in [2.75, 3.05) is 5.32 Å². The number of nitrogens with one attached hydrogen (secondary N) is 1. The number of anilines is 1. The van der Waals surface area contributed by atoms with E-state index in [0.717, 1.165) is 18.7 Å². The van der Waals surface area contributed by atoms with Crippen LogP contribution in [0.4, 0.5) is 5.69 Å². The number of aryl methyl sites for hydroxylation is 1. The number of carbonyl (C=O) groups excluding carboxylic acids is 2. The van der Waals surface area contributed by atoms with Gasteiger partial charge in [-0.2, -0.15) is 0 Å². The molecule has 1 amide bonds. The third-order valence-electron chi connectivity index (χ3n) is 5.55. The van der Waals surface area contributed by atoms with Crippen molar-refractivity contribution >= 4 is 28.5 Å². The summed E-state index contributed by atoms with van der Waals surface area (Å²) < 4.78 is 7.02. The molecule has 0 radical (unpaired) electrons. The van der Waals surface area contributed by atoms with Crippen LogP contribution in [0.2, 0.25) is 0 Å². The highest BCUT2D eigenvalue weighted by Crippen LogP contribution is 2.19. The highest BCUT2D eigenvalue weighted by atomic mass is 16.5. The van der Waals surface area contributed by atoms with E-state index in [1.807, 2.05) is 24.3 Å². The van der Waals surface area contributed by atoms with Crippen LogP contribution in [0.5, 0.6) is 0 Å². The van der Waals surface area contributed by atoms with E-state index >= 15 is 0 Å². The smallest absolute Gasteiger partial charge is 0.338 e. The molecule has 1 N–H and O–H groups in total. The summed E-state index contributed by atoms with van der Waals surface area (Å²) in [5, 5.41) is 3.23. The molecule has 0 unspecified atom stereocenters. The zero-order valence-electron chi connectivity index (χ0n) is 17.8. The van der Waals surface area contributed by atoms with E-state index in [4.69, 9.17) is 4.74 Å². The van der Waals surface area contributed by atoms with Gasteiger partial charge in [0, 0.05) is 18.7 Å². The molecular weight excluding hydrogens is 394 g/mol. The molecular formula is C24H25N3O4. The zero-order chi connectivity index (χ0) is 22.1. The monoisotopic (exact) mass is 419 g/mol. The molecule has 0 spiro atoms. The Morgan fingerprint density at radius 2 is 1.84 bits per heavy atom. The summed E-state index contributed by atoms with van der Waals surface area (Å²) in [5.74, 6) is 0.0837. The van der Waals surface area contributed by atoms with Crippen molar-refractivity contribution in [2.45, 2.75) is 52.2 Å². The summed E-state index contributed by atoms with van der Waals surface area (Å²) in [7, 11) is 0. The molecule has 1 aliphatic rings. The molecule has 2 heterocycles. The Kier molecular flexibility index (Phi) is 5.59. The molecule has 31 heavy (non-hydrogen) atoms. The Balaban J connectivity index is 1.45. The maximum Gasteiger partial charge on any atom is 0.338 e.